The zero-order valence-corrected chi connectivity index (χ0v) is 13.6. The summed E-state index contributed by atoms with van der Waals surface area (Å²) in [6.45, 7) is 1.87. The third-order valence-electron chi connectivity index (χ3n) is 3.96. The number of hydrogen-bond acceptors (Lipinski definition) is 3. The normalized spacial score (nSPS) is 17.5. The lowest BCUT2D eigenvalue weighted by atomic mass is 9.99. The van der Waals surface area contributed by atoms with Crippen LogP contribution in [0.4, 0.5) is 4.39 Å². The van der Waals surface area contributed by atoms with Crippen molar-refractivity contribution in [2.75, 3.05) is 6.54 Å². The molecule has 1 aromatic rings. The van der Waals surface area contributed by atoms with Gasteiger partial charge >= 0.3 is 0 Å². The zero-order valence-electron chi connectivity index (χ0n) is 12.0. The Hall–Kier alpha value is -0.690. The van der Waals surface area contributed by atoms with Gasteiger partial charge in [0, 0.05) is 12.6 Å². The second kappa shape index (κ2) is 7.54. The summed E-state index contributed by atoms with van der Waals surface area (Å²) in [4.78, 5) is 0.121. The summed E-state index contributed by atoms with van der Waals surface area (Å²) >= 11 is 0. The van der Waals surface area contributed by atoms with Crippen molar-refractivity contribution in [3.63, 3.8) is 0 Å². The minimum atomic E-state index is -3.65. The number of aryl methyl sites for hydroxylation is 1. The SMILES string of the molecule is Cc1cc(F)ccc1S(=O)(=O)NC(CN)C1CCCC1.Cl. The predicted octanol–water partition coefficient (Wildman–Crippen LogP) is 2.35. The maximum absolute atomic E-state index is 13.1. The Morgan fingerprint density at radius 3 is 2.52 bits per heavy atom. The largest absolute Gasteiger partial charge is 0.329 e. The number of hydrogen-bond donors (Lipinski definition) is 2. The van der Waals surface area contributed by atoms with Gasteiger partial charge in [0.05, 0.1) is 4.90 Å². The number of sulfonamides is 1. The van der Waals surface area contributed by atoms with Gasteiger partial charge < -0.3 is 5.73 Å². The van der Waals surface area contributed by atoms with E-state index in [2.05, 4.69) is 4.72 Å². The summed E-state index contributed by atoms with van der Waals surface area (Å²) in [6.07, 6.45) is 4.26. The first-order chi connectivity index (χ1) is 9.44. The molecule has 0 saturated heterocycles. The van der Waals surface area contributed by atoms with Crippen LogP contribution in [-0.2, 0) is 10.0 Å². The van der Waals surface area contributed by atoms with Gasteiger partial charge in [-0.05, 0) is 49.4 Å². The molecule has 1 fully saturated rings. The van der Waals surface area contributed by atoms with Crippen molar-refractivity contribution >= 4 is 22.4 Å². The molecule has 2 rings (SSSR count). The lowest BCUT2D eigenvalue weighted by Crippen LogP contribution is -2.44. The average molecular weight is 337 g/mol. The molecule has 1 aromatic carbocycles. The van der Waals surface area contributed by atoms with E-state index in [0.717, 1.165) is 31.7 Å². The summed E-state index contributed by atoms with van der Waals surface area (Å²) < 4.78 is 40.6. The van der Waals surface area contributed by atoms with E-state index in [1.54, 1.807) is 6.92 Å². The fraction of sp³-hybridized carbons (Fsp3) is 0.571. The first kappa shape index (κ1) is 18.4. The first-order valence-electron chi connectivity index (χ1n) is 6.92. The van der Waals surface area contributed by atoms with Gasteiger partial charge in [0.2, 0.25) is 10.0 Å². The second-order valence-corrected chi connectivity index (χ2v) is 7.10. The molecule has 1 atom stereocenters. The standard InChI is InChI=1S/C14H21FN2O2S.ClH/c1-10-8-12(15)6-7-14(10)20(18,19)17-13(9-16)11-4-2-3-5-11;/h6-8,11,13,17H,2-5,9,16H2,1H3;1H. The van der Waals surface area contributed by atoms with Crippen LogP contribution in [0.1, 0.15) is 31.2 Å². The van der Waals surface area contributed by atoms with Gasteiger partial charge in [-0.3, -0.25) is 0 Å². The summed E-state index contributed by atoms with van der Waals surface area (Å²) in [5.74, 6) is -0.136. The van der Waals surface area contributed by atoms with Crippen LogP contribution in [0.3, 0.4) is 0 Å². The maximum Gasteiger partial charge on any atom is 0.241 e. The molecule has 0 amide bonds. The van der Waals surface area contributed by atoms with Crippen LogP contribution in [0.25, 0.3) is 0 Å². The van der Waals surface area contributed by atoms with Crippen molar-refractivity contribution in [2.45, 2.75) is 43.5 Å². The average Bonchev–Trinajstić information content (AvgIpc) is 2.89. The van der Waals surface area contributed by atoms with Crippen molar-refractivity contribution in [1.29, 1.82) is 0 Å². The first-order valence-corrected chi connectivity index (χ1v) is 8.41. The number of benzene rings is 1. The van der Waals surface area contributed by atoms with Crippen LogP contribution >= 0.6 is 12.4 Å². The number of halogens is 2. The second-order valence-electron chi connectivity index (χ2n) is 5.42. The van der Waals surface area contributed by atoms with Gasteiger partial charge in [0.1, 0.15) is 5.82 Å². The fourth-order valence-corrected chi connectivity index (χ4v) is 4.42. The van der Waals surface area contributed by atoms with Crippen LogP contribution in [-0.4, -0.2) is 21.0 Å². The van der Waals surface area contributed by atoms with E-state index in [9.17, 15) is 12.8 Å². The molecule has 4 nitrogen and oxygen atoms in total. The number of rotatable bonds is 5. The van der Waals surface area contributed by atoms with Crippen molar-refractivity contribution in [1.82, 2.24) is 4.72 Å². The summed E-state index contributed by atoms with van der Waals surface area (Å²) in [6, 6.07) is 3.44. The molecule has 0 spiro atoms. The molecule has 1 aliphatic carbocycles. The minimum absolute atomic E-state index is 0. The highest BCUT2D eigenvalue weighted by Crippen LogP contribution is 2.28. The molecule has 21 heavy (non-hydrogen) atoms. The van der Waals surface area contributed by atoms with E-state index < -0.39 is 15.8 Å². The third kappa shape index (κ3) is 4.39. The highest BCUT2D eigenvalue weighted by atomic mass is 35.5. The van der Waals surface area contributed by atoms with Crippen molar-refractivity contribution in [3.05, 3.63) is 29.6 Å². The molecule has 3 N–H and O–H groups in total. The van der Waals surface area contributed by atoms with Gasteiger partial charge in [0.15, 0.2) is 0 Å². The van der Waals surface area contributed by atoms with Gasteiger partial charge in [0.25, 0.3) is 0 Å². The molecular weight excluding hydrogens is 315 g/mol. The Labute approximate surface area is 131 Å². The van der Waals surface area contributed by atoms with E-state index in [1.807, 2.05) is 0 Å². The molecular formula is C14H22ClFN2O2S. The van der Waals surface area contributed by atoms with Crippen molar-refractivity contribution < 1.29 is 12.8 Å². The van der Waals surface area contributed by atoms with Gasteiger partial charge in [-0.15, -0.1) is 12.4 Å². The summed E-state index contributed by atoms with van der Waals surface area (Å²) in [7, 11) is -3.65. The van der Waals surface area contributed by atoms with E-state index >= 15 is 0 Å². The quantitative estimate of drug-likeness (QED) is 0.867. The van der Waals surface area contributed by atoms with Crippen LogP contribution in [0.5, 0.6) is 0 Å². The van der Waals surface area contributed by atoms with E-state index in [4.69, 9.17) is 5.73 Å². The molecule has 0 radical (unpaired) electrons. The lowest BCUT2D eigenvalue weighted by Gasteiger charge is -2.23. The molecule has 120 valence electrons. The van der Waals surface area contributed by atoms with Crippen molar-refractivity contribution in [2.24, 2.45) is 11.7 Å². The van der Waals surface area contributed by atoms with Gasteiger partial charge in [-0.2, -0.15) is 0 Å². The minimum Gasteiger partial charge on any atom is -0.329 e. The Bertz CT molecular complexity index is 574. The Morgan fingerprint density at radius 2 is 2.00 bits per heavy atom. The molecule has 0 aliphatic heterocycles. The molecule has 1 saturated carbocycles. The maximum atomic E-state index is 13.1. The molecule has 1 unspecified atom stereocenters. The smallest absolute Gasteiger partial charge is 0.241 e. The molecule has 7 heteroatoms. The van der Waals surface area contributed by atoms with E-state index in [0.29, 0.717) is 11.5 Å². The summed E-state index contributed by atoms with van der Waals surface area (Å²) in [5.41, 5.74) is 6.12. The van der Waals surface area contributed by atoms with Crippen LogP contribution in [0.15, 0.2) is 23.1 Å². The van der Waals surface area contributed by atoms with Crippen LogP contribution in [0, 0.1) is 18.7 Å². The zero-order chi connectivity index (χ0) is 14.8. The molecule has 0 heterocycles. The monoisotopic (exact) mass is 336 g/mol. The van der Waals surface area contributed by atoms with Crippen LogP contribution in [0.2, 0.25) is 0 Å². The fourth-order valence-electron chi connectivity index (χ4n) is 2.87. The number of nitrogens with one attached hydrogen (secondary N) is 1. The number of nitrogens with two attached hydrogens (primary N) is 1. The van der Waals surface area contributed by atoms with Gasteiger partial charge in [-0.1, -0.05) is 12.8 Å². The molecule has 0 bridgehead atoms. The predicted molar refractivity (Wildman–Crippen MR) is 83.5 cm³/mol. The highest BCUT2D eigenvalue weighted by molar-refractivity contribution is 7.89. The Kier molecular flexibility index (Phi) is 6.59. The van der Waals surface area contributed by atoms with Crippen molar-refractivity contribution in [3.8, 4) is 0 Å². The van der Waals surface area contributed by atoms with E-state index in [1.165, 1.54) is 12.1 Å². The Morgan fingerprint density at radius 1 is 1.38 bits per heavy atom. The Balaban J connectivity index is 0.00000220. The van der Waals surface area contributed by atoms with Crippen LogP contribution < -0.4 is 10.5 Å². The highest BCUT2D eigenvalue weighted by Gasteiger charge is 2.29. The molecule has 0 aromatic heterocycles. The molecule has 1 aliphatic rings. The third-order valence-corrected chi connectivity index (χ3v) is 5.61. The lowest BCUT2D eigenvalue weighted by molar-refractivity contribution is 0.405. The van der Waals surface area contributed by atoms with Gasteiger partial charge in [-0.25, -0.2) is 17.5 Å². The summed E-state index contributed by atoms with van der Waals surface area (Å²) in [5, 5.41) is 0. The topological polar surface area (TPSA) is 72.2 Å². The van der Waals surface area contributed by atoms with E-state index in [-0.39, 0.29) is 29.9 Å².